The summed E-state index contributed by atoms with van der Waals surface area (Å²) in [5.41, 5.74) is 11.7. The quantitative estimate of drug-likeness (QED) is 0.309. The largest absolute Gasteiger partial charge is 0.543 e. The van der Waals surface area contributed by atoms with Crippen molar-refractivity contribution in [3.63, 3.8) is 0 Å². The second kappa shape index (κ2) is 8.33. The van der Waals surface area contributed by atoms with Gasteiger partial charge >= 0.3 is 0 Å². The number of benzene rings is 3. The molecule has 3 aromatic carbocycles. The molecule has 38 heavy (non-hydrogen) atoms. The van der Waals surface area contributed by atoms with Gasteiger partial charge in [0.15, 0.2) is 0 Å². The van der Waals surface area contributed by atoms with Crippen LogP contribution in [0.15, 0.2) is 72.8 Å². The molecule has 2 aliphatic carbocycles. The van der Waals surface area contributed by atoms with Crippen molar-refractivity contribution in [2.45, 2.75) is 70.5 Å². The van der Waals surface area contributed by atoms with Gasteiger partial charge in [-0.2, -0.15) is 0 Å². The number of allylic oxidation sites excluding steroid dienone is 1. The van der Waals surface area contributed by atoms with Gasteiger partial charge in [-0.3, -0.25) is 0 Å². The second-order valence-electron chi connectivity index (χ2n) is 13.6. The number of likely N-dealkylation sites (N-methyl/N-ethyl adjacent to an activating group) is 1. The topological polar surface area (TPSA) is 12.5 Å². The molecule has 2 atom stereocenters. The third-order valence-electron chi connectivity index (χ3n) is 9.75. The molecule has 0 spiro atoms. The lowest BCUT2D eigenvalue weighted by Gasteiger charge is -2.37. The van der Waals surface area contributed by atoms with Crippen LogP contribution < -0.4 is 4.90 Å². The molecule has 0 bridgehead atoms. The molecule has 2 nitrogen and oxygen atoms in total. The summed E-state index contributed by atoms with van der Waals surface area (Å²) in [6.07, 6.45) is 2.51. The average molecular weight is 536 g/mol. The van der Waals surface area contributed by atoms with E-state index >= 15 is 0 Å². The molecule has 196 valence electrons. The van der Waals surface area contributed by atoms with Gasteiger partial charge in [0.05, 0.1) is 14.1 Å². The minimum absolute atomic E-state index is 0.159. The van der Waals surface area contributed by atoms with Gasteiger partial charge in [-0.25, -0.2) is 0 Å². The molecule has 0 amide bonds. The molecule has 6 rings (SSSR count). The van der Waals surface area contributed by atoms with Crippen LogP contribution in [0, 0.1) is 6.92 Å². The van der Waals surface area contributed by atoms with Gasteiger partial charge in [0, 0.05) is 29.4 Å². The summed E-state index contributed by atoms with van der Waals surface area (Å²) in [6, 6.07) is 25.5. The fourth-order valence-electron chi connectivity index (χ4n) is 6.68. The summed E-state index contributed by atoms with van der Waals surface area (Å²) in [5.74, 6) is 1.12. The third-order valence-corrected chi connectivity index (χ3v) is 18.0. The van der Waals surface area contributed by atoms with Crippen LogP contribution in [0.3, 0.4) is 0 Å². The van der Waals surface area contributed by atoms with Crippen LogP contribution >= 0.6 is 0 Å². The molecule has 0 saturated carbocycles. The van der Waals surface area contributed by atoms with Crippen molar-refractivity contribution in [2.24, 2.45) is 0 Å². The highest BCUT2D eigenvalue weighted by molar-refractivity contribution is 6.97. The second-order valence-corrected chi connectivity index (χ2v) is 22.9. The summed E-state index contributed by atoms with van der Waals surface area (Å²) in [5, 5.41) is 1.78. The summed E-state index contributed by atoms with van der Waals surface area (Å²) in [6.45, 7) is 19.1. The standard InChI is InChI=1S/C34H41NOSi2/c1-22-18-19-28-27(20-22)31-32(35(28)5)25-16-12-13-17-26(25)33(31)37(6,7)30-21-29(23-14-10-11-15-24(23)30)36-38(8,9)34(2,3)4/h10-21,30,32H,1-9H3. The van der Waals surface area contributed by atoms with Gasteiger partial charge in [0.25, 0.3) is 0 Å². The molecular weight excluding hydrogens is 495 g/mol. The summed E-state index contributed by atoms with van der Waals surface area (Å²) >= 11 is 0. The van der Waals surface area contributed by atoms with Crippen molar-refractivity contribution in [2.75, 3.05) is 11.9 Å². The van der Waals surface area contributed by atoms with Gasteiger partial charge in [0.1, 0.15) is 5.76 Å². The van der Waals surface area contributed by atoms with Crippen LogP contribution in [-0.2, 0) is 4.43 Å². The number of anilines is 1. The predicted octanol–water partition coefficient (Wildman–Crippen LogP) is 9.36. The van der Waals surface area contributed by atoms with Crippen molar-refractivity contribution in [1.29, 1.82) is 0 Å². The lowest BCUT2D eigenvalue weighted by Crippen LogP contribution is -2.40. The Hall–Kier alpha value is -2.83. The molecule has 4 heteroatoms. The Balaban J connectivity index is 1.55. The Morgan fingerprint density at radius 1 is 0.789 bits per heavy atom. The SMILES string of the molecule is Cc1ccc2c(c1)C1=C([Si](C)(C)C3C=C(O[Si](C)(C)C(C)(C)C)c4ccccc43)c3ccccc3C1N2C. The highest BCUT2D eigenvalue weighted by Crippen LogP contribution is 2.60. The Morgan fingerprint density at radius 3 is 2.11 bits per heavy atom. The molecule has 0 aromatic heterocycles. The summed E-state index contributed by atoms with van der Waals surface area (Å²) in [4.78, 5) is 2.50. The maximum atomic E-state index is 7.02. The van der Waals surface area contributed by atoms with E-state index in [2.05, 4.69) is 139 Å². The van der Waals surface area contributed by atoms with Crippen LogP contribution in [0.2, 0.25) is 31.2 Å². The molecule has 3 aromatic rings. The molecule has 0 N–H and O–H groups in total. The molecule has 2 unspecified atom stereocenters. The predicted molar refractivity (Wildman–Crippen MR) is 169 cm³/mol. The summed E-state index contributed by atoms with van der Waals surface area (Å²) < 4.78 is 7.02. The first-order valence-electron chi connectivity index (χ1n) is 14.0. The van der Waals surface area contributed by atoms with E-state index in [1.54, 1.807) is 10.8 Å². The number of rotatable bonds is 4. The van der Waals surface area contributed by atoms with E-state index in [1.165, 1.54) is 39.1 Å². The Bertz CT molecular complexity index is 1520. The lowest BCUT2D eigenvalue weighted by molar-refractivity contribution is 0.458. The van der Waals surface area contributed by atoms with Gasteiger partial charge in [-0.1, -0.05) is 94.0 Å². The van der Waals surface area contributed by atoms with E-state index in [4.69, 9.17) is 4.43 Å². The lowest BCUT2D eigenvalue weighted by atomic mass is 10.0. The molecular formula is C34H41NOSi2. The number of hydrogen-bond acceptors (Lipinski definition) is 2. The molecule has 0 fully saturated rings. The van der Waals surface area contributed by atoms with E-state index in [1.807, 2.05) is 0 Å². The smallest absolute Gasteiger partial charge is 0.250 e. The first kappa shape index (κ1) is 25.5. The van der Waals surface area contributed by atoms with Crippen molar-refractivity contribution >= 4 is 38.6 Å². The van der Waals surface area contributed by atoms with Crippen LogP contribution in [0.4, 0.5) is 5.69 Å². The molecule has 0 radical (unpaired) electrons. The van der Waals surface area contributed by atoms with E-state index < -0.39 is 16.4 Å². The normalized spacial score (nSPS) is 20.2. The van der Waals surface area contributed by atoms with E-state index in [0.717, 1.165) is 5.76 Å². The number of fused-ring (bicyclic) bond motifs is 6. The Kier molecular flexibility index (Phi) is 5.58. The first-order valence-corrected chi connectivity index (χ1v) is 20.0. The number of aryl methyl sites for hydroxylation is 1. The molecule has 0 saturated heterocycles. The Morgan fingerprint density at radius 2 is 1.42 bits per heavy atom. The highest BCUT2D eigenvalue weighted by Gasteiger charge is 2.50. The molecule has 1 heterocycles. The molecule has 3 aliphatic rings. The monoisotopic (exact) mass is 535 g/mol. The maximum Gasteiger partial charge on any atom is 0.250 e. The van der Waals surface area contributed by atoms with Crippen molar-refractivity contribution < 1.29 is 4.43 Å². The zero-order chi connectivity index (χ0) is 27.2. The van der Waals surface area contributed by atoms with Crippen LogP contribution in [0.25, 0.3) is 16.5 Å². The van der Waals surface area contributed by atoms with E-state index in [-0.39, 0.29) is 5.04 Å². The first-order chi connectivity index (χ1) is 17.8. The minimum atomic E-state index is -2.09. The van der Waals surface area contributed by atoms with Gasteiger partial charge in [0.2, 0.25) is 8.32 Å². The van der Waals surface area contributed by atoms with Crippen LogP contribution in [0.5, 0.6) is 0 Å². The fraction of sp³-hybridized carbons (Fsp3) is 0.353. The number of nitrogens with zero attached hydrogens (tertiary/aromatic N) is 1. The summed E-state index contributed by atoms with van der Waals surface area (Å²) in [7, 11) is -1.79. The zero-order valence-corrected chi connectivity index (χ0v) is 26.4. The third kappa shape index (κ3) is 3.56. The van der Waals surface area contributed by atoms with Gasteiger partial charge in [-0.05, 0) is 70.7 Å². The number of hydrogen-bond donors (Lipinski definition) is 0. The highest BCUT2D eigenvalue weighted by atomic mass is 28.4. The van der Waals surface area contributed by atoms with Crippen LogP contribution in [-0.4, -0.2) is 23.4 Å². The van der Waals surface area contributed by atoms with Crippen molar-refractivity contribution in [3.05, 3.63) is 106 Å². The van der Waals surface area contributed by atoms with Gasteiger partial charge in [-0.15, -0.1) is 0 Å². The Labute approximate surface area is 231 Å². The molecule has 1 aliphatic heterocycles. The average Bonchev–Trinajstić information content (AvgIpc) is 3.48. The fourth-order valence-corrected chi connectivity index (χ4v) is 11.5. The minimum Gasteiger partial charge on any atom is -0.543 e. The van der Waals surface area contributed by atoms with Crippen LogP contribution in [0.1, 0.15) is 65.7 Å². The van der Waals surface area contributed by atoms with Crippen molar-refractivity contribution in [1.82, 2.24) is 0 Å². The van der Waals surface area contributed by atoms with E-state index in [0.29, 0.717) is 11.6 Å². The van der Waals surface area contributed by atoms with Crippen molar-refractivity contribution in [3.8, 4) is 0 Å². The van der Waals surface area contributed by atoms with Gasteiger partial charge < -0.3 is 9.33 Å². The maximum absolute atomic E-state index is 7.02. The van der Waals surface area contributed by atoms with E-state index in [9.17, 15) is 0 Å². The zero-order valence-electron chi connectivity index (χ0n) is 24.4.